The first kappa shape index (κ1) is 7.11. The van der Waals surface area contributed by atoms with Crippen LogP contribution in [0.3, 0.4) is 0 Å². The van der Waals surface area contributed by atoms with E-state index in [0.717, 1.165) is 12.8 Å². The maximum absolute atomic E-state index is 10.5. The molecule has 0 bridgehead atoms. The van der Waals surface area contributed by atoms with Crippen LogP contribution in [0.5, 0.6) is 0 Å². The molecule has 4 heteroatoms. The minimum atomic E-state index is -0.319. The van der Waals surface area contributed by atoms with Gasteiger partial charge in [0.1, 0.15) is 6.10 Å². The van der Waals surface area contributed by atoms with Crippen LogP contribution in [-0.4, -0.2) is 12.2 Å². The largest absolute Gasteiger partial charge is 0.446 e. The number of rotatable bonds is 1. The van der Waals surface area contributed by atoms with Crippen LogP contribution in [0, 0.1) is 0 Å². The van der Waals surface area contributed by atoms with E-state index in [4.69, 9.17) is 4.74 Å². The number of nitrogens with one attached hydrogen (secondary N) is 1. The van der Waals surface area contributed by atoms with Crippen LogP contribution in [0.1, 0.15) is 19.3 Å². The number of amides is 1. The van der Waals surface area contributed by atoms with Crippen LogP contribution in [0.25, 0.3) is 0 Å². The zero-order valence-corrected chi connectivity index (χ0v) is 7.05. The number of ether oxygens (including phenoxy) is 1. The van der Waals surface area contributed by atoms with Gasteiger partial charge in [0.05, 0.1) is 22.9 Å². The van der Waals surface area contributed by atoms with Crippen molar-refractivity contribution in [3.8, 4) is 0 Å². The minimum absolute atomic E-state index is 0.194. The molecule has 0 aliphatic heterocycles. The summed E-state index contributed by atoms with van der Waals surface area (Å²) in [6, 6.07) is 0. The van der Waals surface area contributed by atoms with Crippen molar-refractivity contribution >= 4 is 29.0 Å². The summed E-state index contributed by atoms with van der Waals surface area (Å²) >= 11 is 1.76. The van der Waals surface area contributed by atoms with Gasteiger partial charge in [0, 0.05) is 0 Å². The quantitative estimate of drug-likeness (QED) is 0.559. The fraction of sp³-hybridized carbons (Fsp3) is 0.800. The first-order chi connectivity index (χ1) is 4.33. The molecular weight excluding hydrogens is 233 g/mol. The molecule has 0 radical (unpaired) electrons. The smallest absolute Gasteiger partial charge is 0.416 e. The summed E-state index contributed by atoms with van der Waals surface area (Å²) in [7, 11) is 0. The Bertz CT molecular complexity index is 114. The molecule has 1 amide bonds. The molecule has 1 saturated carbocycles. The van der Waals surface area contributed by atoms with E-state index in [1.807, 2.05) is 0 Å². The van der Waals surface area contributed by atoms with E-state index < -0.39 is 0 Å². The Hall–Kier alpha value is -0.0000000000000000555. The highest BCUT2D eigenvalue weighted by Gasteiger charge is 2.20. The lowest BCUT2D eigenvalue weighted by atomic mass is 9.96. The van der Waals surface area contributed by atoms with Crippen molar-refractivity contribution in [3.05, 3.63) is 0 Å². The first-order valence-corrected chi connectivity index (χ1v) is 3.98. The maximum Gasteiger partial charge on any atom is 0.416 e. The zero-order valence-electron chi connectivity index (χ0n) is 4.89. The predicted octanol–water partition coefficient (Wildman–Crippen LogP) is 1.62. The molecule has 9 heavy (non-hydrogen) atoms. The molecule has 0 aromatic rings. The molecular formula is C5H8INO2. The van der Waals surface area contributed by atoms with Crippen LogP contribution in [0.2, 0.25) is 0 Å². The molecule has 0 aromatic carbocycles. The van der Waals surface area contributed by atoms with Crippen molar-refractivity contribution in [2.45, 2.75) is 25.4 Å². The second-order valence-electron chi connectivity index (χ2n) is 2.05. The molecule has 0 spiro atoms. The van der Waals surface area contributed by atoms with Gasteiger partial charge in [0.25, 0.3) is 0 Å². The topological polar surface area (TPSA) is 38.3 Å². The zero-order chi connectivity index (χ0) is 6.69. The molecule has 0 heterocycles. The Morgan fingerprint density at radius 1 is 1.67 bits per heavy atom. The number of carbonyl (C=O) groups is 1. The highest BCUT2D eigenvalue weighted by molar-refractivity contribution is 14.1. The number of hydrogen-bond acceptors (Lipinski definition) is 2. The Morgan fingerprint density at radius 2 is 2.33 bits per heavy atom. The molecule has 1 aliphatic rings. The van der Waals surface area contributed by atoms with Gasteiger partial charge in [0.2, 0.25) is 0 Å². The van der Waals surface area contributed by atoms with Crippen molar-refractivity contribution in [2.75, 3.05) is 0 Å². The van der Waals surface area contributed by atoms with Crippen molar-refractivity contribution < 1.29 is 9.53 Å². The number of halogens is 1. The Kier molecular flexibility index (Phi) is 2.56. The summed E-state index contributed by atoms with van der Waals surface area (Å²) < 4.78 is 7.25. The average molecular weight is 241 g/mol. The summed E-state index contributed by atoms with van der Waals surface area (Å²) in [5.41, 5.74) is 0. The van der Waals surface area contributed by atoms with Gasteiger partial charge in [-0.3, -0.25) is 3.53 Å². The van der Waals surface area contributed by atoms with Crippen LogP contribution < -0.4 is 3.53 Å². The number of hydrogen-bond donors (Lipinski definition) is 1. The van der Waals surface area contributed by atoms with Crippen molar-refractivity contribution in [1.82, 2.24) is 3.53 Å². The molecule has 0 unspecified atom stereocenters. The van der Waals surface area contributed by atoms with E-state index in [-0.39, 0.29) is 12.2 Å². The Balaban J connectivity index is 2.09. The van der Waals surface area contributed by atoms with E-state index >= 15 is 0 Å². The van der Waals surface area contributed by atoms with E-state index in [1.54, 1.807) is 22.9 Å². The lowest BCUT2D eigenvalue weighted by Crippen LogP contribution is -2.28. The van der Waals surface area contributed by atoms with Gasteiger partial charge >= 0.3 is 6.09 Å². The van der Waals surface area contributed by atoms with Crippen LogP contribution in [-0.2, 0) is 4.74 Å². The lowest BCUT2D eigenvalue weighted by molar-refractivity contribution is 0.0576. The molecule has 1 rings (SSSR count). The second-order valence-corrected chi connectivity index (χ2v) is 2.59. The van der Waals surface area contributed by atoms with Gasteiger partial charge in [0.15, 0.2) is 0 Å². The minimum Gasteiger partial charge on any atom is -0.446 e. The standard InChI is InChI=1S/C5H8INO2/c6-7-5(8)9-4-2-1-3-4/h4H,1-3H2,(H,7,8). The Morgan fingerprint density at radius 3 is 2.67 bits per heavy atom. The fourth-order valence-corrected chi connectivity index (χ4v) is 0.789. The van der Waals surface area contributed by atoms with Crippen LogP contribution in [0.15, 0.2) is 0 Å². The third kappa shape index (κ3) is 2.00. The summed E-state index contributed by atoms with van der Waals surface area (Å²) in [5.74, 6) is 0. The highest BCUT2D eigenvalue weighted by Crippen LogP contribution is 2.21. The summed E-state index contributed by atoms with van der Waals surface area (Å²) in [6.07, 6.45) is 3.13. The maximum atomic E-state index is 10.5. The van der Waals surface area contributed by atoms with Gasteiger partial charge in [-0.25, -0.2) is 4.79 Å². The molecule has 0 atom stereocenters. The SMILES string of the molecule is O=C(NI)OC1CCC1. The monoisotopic (exact) mass is 241 g/mol. The van der Waals surface area contributed by atoms with Gasteiger partial charge in [-0.15, -0.1) is 0 Å². The van der Waals surface area contributed by atoms with Crippen molar-refractivity contribution in [3.63, 3.8) is 0 Å². The molecule has 0 aromatic heterocycles. The van der Waals surface area contributed by atoms with Gasteiger partial charge in [-0.2, -0.15) is 0 Å². The van der Waals surface area contributed by atoms with Crippen molar-refractivity contribution in [2.24, 2.45) is 0 Å². The predicted molar refractivity (Wildman–Crippen MR) is 41.3 cm³/mol. The average Bonchev–Trinajstić information content (AvgIpc) is 1.78. The normalized spacial score (nSPS) is 18.3. The van der Waals surface area contributed by atoms with Gasteiger partial charge in [-0.05, 0) is 19.3 Å². The summed E-state index contributed by atoms with van der Waals surface area (Å²) in [6.45, 7) is 0. The van der Waals surface area contributed by atoms with E-state index in [9.17, 15) is 4.79 Å². The summed E-state index contributed by atoms with van der Waals surface area (Å²) in [4.78, 5) is 10.5. The third-order valence-corrected chi connectivity index (χ3v) is 1.84. The molecule has 52 valence electrons. The second kappa shape index (κ2) is 3.24. The van der Waals surface area contributed by atoms with E-state index in [1.165, 1.54) is 6.42 Å². The number of carbonyl (C=O) groups excluding carboxylic acids is 1. The molecule has 1 N–H and O–H groups in total. The third-order valence-electron chi connectivity index (χ3n) is 1.40. The molecule has 1 aliphatic carbocycles. The van der Waals surface area contributed by atoms with Gasteiger partial charge < -0.3 is 4.74 Å². The Labute approximate surface area is 67.6 Å². The molecule has 1 fully saturated rings. The molecule has 0 saturated heterocycles. The molecule has 3 nitrogen and oxygen atoms in total. The van der Waals surface area contributed by atoms with Gasteiger partial charge in [-0.1, -0.05) is 0 Å². The fourth-order valence-electron chi connectivity index (χ4n) is 0.662. The van der Waals surface area contributed by atoms with Crippen LogP contribution >= 0.6 is 22.9 Å². The lowest BCUT2D eigenvalue weighted by Gasteiger charge is -2.24. The first-order valence-electron chi connectivity index (χ1n) is 2.90. The summed E-state index contributed by atoms with van der Waals surface area (Å²) in [5, 5.41) is 0. The van der Waals surface area contributed by atoms with E-state index in [0.29, 0.717) is 0 Å². The van der Waals surface area contributed by atoms with E-state index in [2.05, 4.69) is 3.53 Å². The van der Waals surface area contributed by atoms with Crippen molar-refractivity contribution in [1.29, 1.82) is 0 Å². The highest BCUT2D eigenvalue weighted by atomic mass is 127. The van der Waals surface area contributed by atoms with Crippen LogP contribution in [0.4, 0.5) is 4.79 Å².